The smallest absolute Gasteiger partial charge is 0.325 e. The zero-order chi connectivity index (χ0) is 15.0. The Balaban J connectivity index is 4.43. The van der Waals surface area contributed by atoms with Gasteiger partial charge in [0.1, 0.15) is 6.04 Å². The molecule has 0 fully saturated rings. The second-order valence-corrected chi connectivity index (χ2v) is 5.86. The third-order valence-corrected chi connectivity index (χ3v) is 2.95. The molecule has 0 radical (unpaired) electrons. The second kappa shape index (κ2) is 8.77. The van der Waals surface area contributed by atoms with Crippen molar-refractivity contribution in [1.29, 1.82) is 0 Å². The molecule has 0 saturated carbocycles. The topological polar surface area (TPSA) is 69.6 Å². The van der Waals surface area contributed by atoms with E-state index >= 15 is 0 Å². The van der Waals surface area contributed by atoms with Crippen LogP contribution in [0.4, 0.5) is 4.79 Å². The van der Waals surface area contributed by atoms with Crippen LogP contribution in [-0.4, -0.2) is 41.1 Å². The van der Waals surface area contributed by atoms with Gasteiger partial charge in [0.2, 0.25) is 0 Å². The van der Waals surface area contributed by atoms with E-state index in [1.807, 2.05) is 0 Å². The number of hydrogen-bond acceptors (Lipinski definition) is 2. The van der Waals surface area contributed by atoms with E-state index in [2.05, 4.69) is 33.0 Å². The largest absolute Gasteiger partial charge is 0.480 e. The van der Waals surface area contributed by atoms with E-state index in [0.29, 0.717) is 24.9 Å². The molecule has 0 aliphatic heterocycles. The molecular weight excluding hydrogens is 244 g/mol. The summed E-state index contributed by atoms with van der Waals surface area (Å²) in [4.78, 5) is 24.5. The Hall–Kier alpha value is -1.26. The molecule has 0 aliphatic rings. The minimum atomic E-state index is -1.01. The summed E-state index contributed by atoms with van der Waals surface area (Å²) in [5, 5.41) is 11.3. The molecule has 0 aromatic carbocycles. The van der Waals surface area contributed by atoms with Crippen molar-refractivity contribution in [1.82, 2.24) is 10.2 Å². The molecule has 0 rings (SSSR count). The molecule has 0 spiro atoms. The molecular formula is C14H28N2O3. The number of carbonyl (C=O) groups excluding carboxylic acids is 1. The number of carboxylic acid groups (broad SMARTS) is 1. The Labute approximate surface area is 116 Å². The van der Waals surface area contributed by atoms with Crippen LogP contribution in [0, 0.1) is 11.8 Å². The summed E-state index contributed by atoms with van der Waals surface area (Å²) in [6, 6.07) is -1.13. The van der Waals surface area contributed by atoms with Crippen LogP contribution in [0.3, 0.4) is 0 Å². The highest BCUT2D eigenvalue weighted by molar-refractivity contribution is 5.82. The minimum Gasteiger partial charge on any atom is -0.480 e. The first-order valence-electron chi connectivity index (χ1n) is 7.02. The Morgan fingerprint density at radius 1 is 1.00 bits per heavy atom. The number of rotatable bonds is 8. The molecule has 112 valence electrons. The van der Waals surface area contributed by atoms with E-state index < -0.39 is 12.0 Å². The lowest BCUT2D eigenvalue weighted by Crippen LogP contribution is -2.47. The normalized spacial score (nSPS) is 12.6. The zero-order valence-corrected chi connectivity index (χ0v) is 12.8. The van der Waals surface area contributed by atoms with Gasteiger partial charge in [-0.15, -0.1) is 0 Å². The van der Waals surface area contributed by atoms with E-state index in [1.54, 1.807) is 4.90 Å². The second-order valence-electron chi connectivity index (χ2n) is 5.86. The van der Waals surface area contributed by atoms with Crippen LogP contribution in [0.1, 0.15) is 47.5 Å². The van der Waals surface area contributed by atoms with Crippen molar-refractivity contribution in [2.45, 2.75) is 53.5 Å². The number of carboxylic acids is 1. The highest BCUT2D eigenvalue weighted by Crippen LogP contribution is 2.07. The van der Waals surface area contributed by atoms with Crippen LogP contribution in [-0.2, 0) is 4.79 Å². The summed E-state index contributed by atoms with van der Waals surface area (Å²) >= 11 is 0. The van der Waals surface area contributed by atoms with Crippen molar-refractivity contribution in [3.8, 4) is 0 Å². The summed E-state index contributed by atoms with van der Waals surface area (Å²) in [6.07, 6.45) is 1.85. The van der Waals surface area contributed by atoms with E-state index in [4.69, 9.17) is 5.11 Å². The summed E-state index contributed by atoms with van der Waals surface area (Å²) in [6.45, 7) is 11.3. The Morgan fingerprint density at radius 3 is 1.74 bits per heavy atom. The van der Waals surface area contributed by atoms with E-state index in [1.165, 1.54) is 6.92 Å². The number of nitrogens with one attached hydrogen (secondary N) is 1. The average Bonchev–Trinajstić information content (AvgIpc) is 2.27. The predicted molar refractivity (Wildman–Crippen MR) is 76.1 cm³/mol. The zero-order valence-electron chi connectivity index (χ0n) is 12.8. The maximum absolute atomic E-state index is 12.0. The van der Waals surface area contributed by atoms with Crippen LogP contribution in [0.2, 0.25) is 0 Å². The number of urea groups is 1. The Morgan fingerprint density at radius 2 is 1.42 bits per heavy atom. The van der Waals surface area contributed by atoms with Gasteiger partial charge in [0.25, 0.3) is 0 Å². The van der Waals surface area contributed by atoms with Crippen LogP contribution < -0.4 is 5.32 Å². The Bertz CT molecular complexity index is 278. The fourth-order valence-corrected chi connectivity index (χ4v) is 1.48. The lowest BCUT2D eigenvalue weighted by Gasteiger charge is -2.25. The summed E-state index contributed by atoms with van der Waals surface area (Å²) in [5.74, 6) is 0.0264. The first-order chi connectivity index (χ1) is 8.73. The van der Waals surface area contributed by atoms with Gasteiger partial charge in [0.05, 0.1) is 0 Å². The molecule has 0 unspecified atom stereocenters. The number of amides is 2. The Kier molecular flexibility index (Phi) is 8.19. The summed E-state index contributed by atoms with van der Waals surface area (Å²) < 4.78 is 0. The standard InChI is InChI=1S/C14H28N2O3/c1-10(2)6-8-16(9-7-11(3)4)14(19)15-12(5)13(17)18/h10-12H,6-9H2,1-5H3,(H,15,19)(H,17,18)/t12-/m1/s1. The van der Waals surface area contributed by atoms with Gasteiger partial charge in [-0.3, -0.25) is 4.79 Å². The first kappa shape index (κ1) is 17.7. The van der Waals surface area contributed by atoms with Crippen LogP contribution >= 0.6 is 0 Å². The minimum absolute atomic E-state index is 0.281. The van der Waals surface area contributed by atoms with E-state index in [-0.39, 0.29) is 6.03 Å². The van der Waals surface area contributed by atoms with Crippen LogP contribution in [0.15, 0.2) is 0 Å². The highest BCUT2D eigenvalue weighted by Gasteiger charge is 2.19. The van der Waals surface area contributed by atoms with Crippen molar-refractivity contribution in [2.24, 2.45) is 11.8 Å². The fraction of sp³-hybridized carbons (Fsp3) is 0.857. The predicted octanol–water partition coefficient (Wildman–Crippen LogP) is 2.56. The molecule has 0 saturated heterocycles. The molecule has 0 aromatic heterocycles. The van der Waals surface area contributed by atoms with Gasteiger partial charge in [-0.2, -0.15) is 0 Å². The fourth-order valence-electron chi connectivity index (χ4n) is 1.48. The molecule has 5 nitrogen and oxygen atoms in total. The summed E-state index contributed by atoms with van der Waals surface area (Å²) in [5.41, 5.74) is 0. The van der Waals surface area contributed by atoms with Gasteiger partial charge in [0.15, 0.2) is 0 Å². The summed E-state index contributed by atoms with van der Waals surface area (Å²) in [7, 11) is 0. The van der Waals surface area contributed by atoms with E-state index in [9.17, 15) is 9.59 Å². The maximum atomic E-state index is 12.0. The van der Waals surface area contributed by atoms with Gasteiger partial charge < -0.3 is 15.3 Å². The molecule has 0 aliphatic carbocycles. The molecule has 0 heterocycles. The highest BCUT2D eigenvalue weighted by atomic mass is 16.4. The third kappa shape index (κ3) is 8.46. The molecule has 2 N–H and O–H groups in total. The van der Waals surface area contributed by atoms with Crippen molar-refractivity contribution in [2.75, 3.05) is 13.1 Å². The van der Waals surface area contributed by atoms with Crippen molar-refractivity contribution >= 4 is 12.0 Å². The first-order valence-corrected chi connectivity index (χ1v) is 7.02. The van der Waals surface area contributed by atoms with Crippen molar-refractivity contribution in [3.05, 3.63) is 0 Å². The SMILES string of the molecule is CC(C)CCN(CCC(C)C)C(=O)N[C@H](C)C(=O)O. The molecule has 5 heteroatoms. The molecule has 2 amide bonds. The average molecular weight is 272 g/mol. The lowest BCUT2D eigenvalue weighted by molar-refractivity contribution is -0.138. The van der Waals surface area contributed by atoms with E-state index in [0.717, 1.165) is 12.8 Å². The van der Waals surface area contributed by atoms with Gasteiger partial charge >= 0.3 is 12.0 Å². The van der Waals surface area contributed by atoms with Gasteiger partial charge in [-0.25, -0.2) is 4.79 Å². The van der Waals surface area contributed by atoms with Crippen LogP contribution in [0.25, 0.3) is 0 Å². The number of aliphatic carboxylic acids is 1. The number of nitrogens with zero attached hydrogens (tertiary/aromatic N) is 1. The van der Waals surface area contributed by atoms with Gasteiger partial charge in [-0.05, 0) is 31.6 Å². The molecule has 0 bridgehead atoms. The van der Waals surface area contributed by atoms with Crippen molar-refractivity contribution in [3.63, 3.8) is 0 Å². The molecule has 0 aromatic rings. The molecule has 19 heavy (non-hydrogen) atoms. The third-order valence-electron chi connectivity index (χ3n) is 2.95. The quantitative estimate of drug-likeness (QED) is 0.713. The van der Waals surface area contributed by atoms with Crippen LogP contribution in [0.5, 0.6) is 0 Å². The van der Waals surface area contributed by atoms with Crippen molar-refractivity contribution < 1.29 is 14.7 Å². The monoisotopic (exact) mass is 272 g/mol. The maximum Gasteiger partial charge on any atom is 0.325 e. The van der Waals surface area contributed by atoms with Gasteiger partial charge in [-0.1, -0.05) is 27.7 Å². The number of carbonyl (C=O) groups is 2. The molecule has 1 atom stereocenters. The number of hydrogen-bond donors (Lipinski definition) is 2. The lowest BCUT2D eigenvalue weighted by atomic mass is 10.1. The van der Waals surface area contributed by atoms with Gasteiger partial charge in [0, 0.05) is 13.1 Å².